The summed E-state index contributed by atoms with van der Waals surface area (Å²) in [6.07, 6.45) is 1.69. The SMILES string of the molecule is Cc1cnc([C@@H]2CN(Cc3ccccc3C(=O)O)CCO2)[nH]1. The molecule has 6 nitrogen and oxygen atoms in total. The van der Waals surface area contributed by atoms with Crippen LogP contribution in [-0.2, 0) is 11.3 Å². The highest BCUT2D eigenvalue weighted by molar-refractivity contribution is 5.89. The van der Waals surface area contributed by atoms with Gasteiger partial charge in [0.15, 0.2) is 0 Å². The maximum absolute atomic E-state index is 11.3. The number of carboxylic acid groups (broad SMARTS) is 1. The van der Waals surface area contributed by atoms with E-state index in [1.165, 1.54) is 0 Å². The van der Waals surface area contributed by atoms with E-state index < -0.39 is 5.97 Å². The number of hydrogen-bond donors (Lipinski definition) is 2. The van der Waals surface area contributed by atoms with Gasteiger partial charge in [-0.25, -0.2) is 9.78 Å². The highest BCUT2D eigenvalue weighted by Crippen LogP contribution is 2.22. The molecule has 1 aliphatic rings. The van der Waals surface area contributed by atoms with Crippen molar-refractivity contribution in [3.05, 3.63) is 53.1 Å². The Morgan fingerprint density at radius 3 is 3.05 bits per heavy atom. The summed E-state index contributed by atoms with van der Waals surface area (Å²) in [4.78, 5) is 21.0. The van der Waals surface area contributed by atoms with E-state index in [0.29, 0.717) is 25.3 Å². The Labute approximate surface area is 128 Å². The smallest absolute Gasteiger partial charge is 0.336 e. The van der Waals surface area contributed by atoms with Gasteiger partial charge in [0.25, 0.3) is 0 Å². The largest absolute Gasteiger partial charge is 0.478 e. The van der Waals surface area contributed by atoms with E-state index in [4.69, 9.17) is 4.74 Å². The number of carbonyl (C=O) groups is 1. The van der Waals surface area contributed by atoms with Crippen LogP contribution in [0.15, 0.2) is 30.5 Å². The van der Waals surface area contributed by atoms with Crippen LogP contribution in [0.4, 0.5) is 0 Å². The van der Waals surface area contributed by atoms with Gasteiger partial charge in [-0.05, 0) is 18.6 Å². The fraction of sp³-hybridized carbons (Fsp3) is 0.375. The van der Waals surface area contributed by atoms with E-state index in [9.17, 15) is 9.90 Å². The molecule has 0 unspecified atom stereocenters. The lowest BCUT2D eigenvalue weighted by atomic mass is 10.1. The minimum absolute atomic E-state index is 0.0977. The molecule has 0 radical (unpaired) electrons. The number of rotatable bonds is 4. The van der Waals surface area contributed by atoms with E-state index >= 15 is 0 Å². The van der Waals surface area contributed by atoms with Crippen LogP contribution in [0, 0.1) is 6.92 Å². The molecule has 0 aliphatic carbocycles. The monoisotopic (exact) mass is 301 g/mol. The molecule has 6 heteroatoms. The van der Waals surface area contributed by atoms with Gasteiger partial charge < -0.3 is 14.8 Å². The first kappa shape index (κ1) is 14.7. The number of hydrogen-bond acceptors (Lipinski definition) is 4. The quantitative estimate of drug-likeness (QED) is 0.903. The first-order valence-electron chi connectivity index (χ1n) is 7.30. The molecule has 1 aromatic carbocycles. The summed E-state index contributed by atoms with van der Waals surface area (Å²) in [7, 11) is 0. The Morgan fingerprint density at radius 2 is 2.32 bits per heavy atom. The summed E-state index contributed by atoms with van der Waals surface area (Å²) >= 11 is 0. The number of aromatic amines is 1. The molecule has 1 aromatic heterocycles. The molecule has 1 fully saturated rings. The van der Waals surface area contributed by atoms with Crippen molar-refractivity contribution >= 4 is 5.97 Å². The summed E-state index contributed by atoms with van der Waals surface area (Å²) in [5, 5.41) is 9.27. The third-order valence-electron chi connectivity index (χ3n) is 3.82. The number of carboxylic acids is 1. The Bertz CT molecular complexity index is 668. The molecule has 22 heavy (non-hydrogen) atoms. The normalized spacial score (nSPS) is 19.2. The Morgan fingerprint density at radius 1 is 1.50 bits per heavy atom. The van der Waals surface area contributed by atoms with Gasteiger partial charge in [0.1, 0.15) is 11.9 Å². The first-order chi connectivity index (χ1) is 10.6. The van der Waals surface area contributed by atoms with E-state index in [-0.39, 0.29) is 6.10 Å². The number of H-pyrrole nitrogens is 1. The molecule has 0 amide bonds. The van der Waals surface area contributed by atoms with E-state index in [1.807, 2.05) is 19.1 Å². The fourth-order valence-electron chi connectivity index (χ4n) is 2.72. The number of aryl methyl sites for hydroxylation is 1. The Balaban J connectivity index is 1.72. The Hall–Kier alpha value is -2.18. The van der Waals surface area contributed by atoms with Crippen molar-refractivity contribution in [2.24, 2.45) is 0 Å². The predicted molar refractivity (Wildman–Crippen MR) is 80.7 cm³/mol. The standard InChI is InChI=1S/C16H19N3O3/c1-11-8-17-15(18-11)14-10-19(6-7-22-14)9-12-4-2-3-5-13(12)16(20)21/h2-5,8,14H,6-7,9-10H2,1H3,(H,17,18)(H,20,21)/t14-/m0/s1. The second kappa shape index (κ2) is 6.29. The number of nitrogens with zero attached hydrogens (tertiary/aromatic N) is 2. The molecule has 116 valence electrons. The number of morpholine rings is 1. The van der Waals surface area contributed by atoms with Crippen molar-refractivity contribution in [3.8, 4) is 0 Å². The van der Waals surface area contributed by atoms with Crippen LogP contribution in [0.5, 0.6) is 0 Å². The van der Waals surface area contributed by atoms with Crippen LogP contribution in [0.2, 0.25) is 0 Å². The summed E-state index contributed by atoms with van der Waals surface area (Å²) in [6, 6.07) is 7.13. The fourth-order valence-corrected chi connectivity index (χ4v) is 2.72. The minimum atomic E-state index is -0.887. The van der Waals surface area contributed by atoms with Gasteiger partial charge in [0.2, 0.25) is 0 Å². The molecular weight excluding hydrogens is 282 g/mol. The second-order valence-electron chi connectivity index (χ2n) is 5.51. The van der Waals surface area contributed by atoms with Crippen molar-refractivity contribution in [2.45, 2.75) is 19.6 Å². The maximum Gasteiger partial charge on any atom is 0.336 e. The van der Waals surface area contributed by atoms with Crippen LogP contribution < -0.4 is 0 Å². The number of aromatic carboxylic acids is 1. The number of ether oxygens (including phenoxy) is 1. The number of benzene rings is 1. The lowest BCUT2D eigenvalue weighted by molar-refractivity contribution is -0.0369. The average molecular weight is 301 g/mol. The molecule has 2 heterocycles. The van der Waals surface area contributed by atoms with Crippen molar-refractivity contribution in [1.82, 2.24) is 14.9 Å². The summed E-state index contributed by atoms with van der Waals surface area (Å²) in [5.41, 5.74) is 2.19. The number of imidazole rings is 1. The molecule has 0 saturated carbocycles. The lowest BCUT2D eigenvalue weighted by Crippen LogP contribution is -2.38. The summed E-state index contributed by atoms with van der Waals surface area (Å²) in [5.74, 6) is -0.0595. The number of aromatic nitrogens is 2. The van der Waals surface area contributed by atoms with Crippen molar-refractivity contribution in [3.63, 3.8) is 0 Å². The van der Waals surface area contributed by atoms with Crippen molar-refractivity contribution < 1.29 is 14.6 Å². The highest BCUT2D eigenvalue weighted by atomic mass is 16.5. The van der Waals surface area contributed by atoms with Crippen LogP contribution in [0.1, 0.15) is 33.5 Å². The minimum Gasteiger partial charge on any atom is -0.478 e. The van der Waals surface area contributed by atoms with Crippen LogP contribution in [0.25, 0.3) is 0 Å². The molecule has 3 rings (SSSR count). The molecule has 2 N–H and O–H groups in total. The lowest BCUT2D eigenvalue weighted by Gasteiger charge is -2.32. The van der Waals surface area contributed by atoms with E-state index in [2.05, 4.69) is 14.9 Å². The van der Waals surface area contributed by atoms with Gasteiger partial charge in [-0.2, -0.15) is 0 Å². The highest BCUT2D eigenvalue weighted by Gasteiger charge is 2.25. The molecule has 0 spiro atoms. The molecule has 1 aliphatic heterocycles. The zero-order chi connectivity index (χ0) is 15.5. The third-order valence-corrected chi connectivity index (χ3v) is 3.82. The zero-order valence-electron chi connectivity index (χ0n) is 12.5. The van der Waals surface area contributed by atoms with E-state index in [0.717, 1.165) is 23.6 Å². The van der Waals surface area contributed by atoms with Crippen molar-refractivity contribution in [2.75, 3.05) is 19.7 Å². The topological polar surface area (TPSA) is 78.5 Å². The van der Waals surface area contributed by atoms with Gasteiger partial charge in [-0.1, -0.05) is 18.2 Å². The molecule has 1 atom stereocenters. The van der Waals surface area contributed by atoms with Crippen LogP contribution >= 0.6 is 0 Å². The van der Waals surface area contributed by atoms with Gasteiger partial charge in [0.05, 0.1) is 12.2 Å². The third kappa shape index (κ3) is 3.18. The first-order valence-corrected chi connectivity index (χ1v) is 7.30. The van der Waals surface area contributed by atoms with E-state index in [1.54, 1.807) is 18.3 Å². The average Bonchev–Trinajstić information content (AvgIpc) is 2.94. The zero-order valence-corrected chi connectivity index (χ0v) is 12.5. The summed E-state index contributed by atoms with van der Waals surface area (Å²) < 4.78 is 5.77. The summed E-state index contributed by atoms with van der Waals surface area (Å²) in [6.45, 7) is 4.65. The van der Waals surface area contributed by atoms with Crippen LogP contribution in [-0.4, -0.2) is 45.6 Å². The van der Waals surface area contributed by atoms with Gasteiger partial charge in [-0.3, -0.25) is 4.90 Å². The molecule has 0 bridgehead atoms. The van der Waals surface area contributed by atoms with Crippen molar-refractivity contribution in [1.29, 1.82) is 0 Å². The van der Waals surface area contributed by atoms with Gasteiger partial charge in [0, 0.05) is 31.5 Å². The molecular formula is C16H19N3O3. The number of nitrogens with one attached hydrogen (secondary N) is 1. The maximum atomic E-state index is 11.3. The predicted octanol–water partition coefficient (Wildman–Crippen LogP) is 1.99. The Kier molecular flexibility index (Phi) is 4.22. The van der Waals surface area contributed by atoms with Crippen LogP contribution in [0.3, 0.4) is 0 Å². The van der Waals surface area contributed by atoms with Gasteiger partial charge >= 0.3 is 5.97 Å². The second-order valence-corrected chi connectivity index (χ2v) is 5.51. The molecule has 2 aromatic rings. The van der Waals surface area contributed by atoms with Gasteiger partial charge in [-0.15, -0.1) is 0 Å². The molecule has 1 saturated heterocycles.